The van der Waals surface area contributed by atoms with Crippen molar-refractivity contribution in [1.82, 2.24) is 15.2 Å². The Morgan fingerprint density at radius 2 is 2.05 bits per heavy atom. The minimum Gasteiger partial charge on any atom is -0.375 e. The molecule has 2 rings (SSSR count). The van der Waals surface area contributed by atoms with Gasteiger partial charge >= 0.3 is 0 Å². The maximum atomic E-state index is 13.3. The number of rotatable bonds is 6. The highest BCUT2D eigenvalue weighted by Crippen LogP contribution is 2.30. The zero-order chi connectivity index (χ0) is 15.4. The highest BCUT2D eigenvalue weighted by atomic mass is 32.1. The summed E-state index contributed by atoms with van der Waals surface area (Å²) in [5.74, 6) is -1.75. The van der Waals surface area contributed by atoms with Crippen molar-refractivity contribution in [1.29, 1.82) is 0 Å². The summed E-state index contributed by atoms with van der Waals surface area (Å²) in [6, 6.07) is 3.76. The molecule has 7 heteroatoms. The molecule has 0 spiro atoms. The highest BCUT2D eigenvalue weighted by molar-refractivity contribution is 7.15. The standard InChI is InChI=1S/C14H18F2N4S/c1-20(2)6-5-18-8-12-13(19-14(17)21-12)9-3-4-10(15)11(16)7-9/h3-4,7,18H,5-6,8H2,1-2H3,(H2,17,19). The minimum atomic E-state index is -0.884. The van der Waals surface area contributed by atoms with Crippen molar-refractivity contribution in [3.63, 3.8) is 0 Å². The van der Waals surface area contributed by atoms with E-state index in [2.05, 4.69) is 15.2 Å². The van der Waals surface area contributed by atoms with Crippen molar-refractivity contribution in [2.24, 2.45) is 0 Å². The van der Waals surface area contributed by atoms with E-state index in [4.69, 9.17) is 5.73 Å². The van der Waals surface area contributed by atoms with Gasteiger partial charge in [0.2, 0.25) is 0 Å². The van der Waals surface area contributed by atoms with Gasteiger partial charge in [0.1, 0.15) is 0 Å². The molecule has 0 bridgehead atoms. The van der Waals surface area contributed by atoms with Crippen LogP contribution in [-0.2, 0) is 6.54 Å². The zero-order valence-electron chi connectivity index (χ0n) is 12.0. The molecule has 1 aromatic heterocycles. The lowest BCUT2D eigenvalue weighted by Crippen LogP contribution is -2.26. The number of aromatic nitrogens is 1. The lowest BCUT2D eigenvalue weighted by atomic mass is 10.1. The fourth-order valence-corrected chi connectivity index (χ4v) is 2.69. The van der Waals surface area contributed by atoms with E-state index in [1.165, 1.54) is 17.4 Å². The summed E-state index contributed by atoms with van der Waals surface area (Å²) < 4.78 is 26.4. The fourth-order valence-electron chi connectivity index (χ4n) is 1.86. The summed E-state index contributed by atoms with van der Waals surface area (Å²) in [6.07, 6.45) is 0. The third kappa shape index (κ3) is 4.20. The van der Waals surface area contributed by atoms with E-state index >= 15 is 0 Å². The zero-order valence-corrected chi connectivity index (χ0v) is 12.8. The van der Waals surface area contributed by atoms with Crippen LogP contribution in [0.1, 0.15) is 4.88 Å². The topological polar surface area (TPSA) is 54.2 Å². The van der Waals surface area contributed by atoms with Crippen molar-refractivity contribution in [3.8, 4) is 11.3 Å². The van der Waals surface area contributed by atoms with Gasteiger partial charge in [0.25, 0.3) is 0 Å². The lowest BCUT2D eigenvalue weighted by Gasteiger charge is -2.10. The number of nitrogens with two attached hydrogens (primary N) is 1. The maximum Gasteiger partial charge on any atom is 0.180 e. The van der Waals surface area contributed by atoms with Gasteiger partial charge < -0.3 is 16.0 Å². The van der Waals surface area contributed by atoms with Crippen molar-refractivity contribution in [2.45, 2.75) is 6.54 Å². The molecule has 0 aliphatic heterocycles. The third-order valence-corrected chi connectivity index (χ3v) is 3.81. The van der Waals surface area contributed by atoms with Crippen molar-refractivity contribution < 1.29 is 8.78 Å². The first-order valence-corrected chi connectivity index (χ1v) is 7.35. The van der Waals surface area contributed by atoms with Gasteiger partial charge in [-0.2, -0.15) is 0 Å². The van der Waals surface area contributed by atoms with Crippen LogP contribution in [0.4, 0.5) is 13.9 Å². The van der Waals surface area contributed by atoms with Crippen molar-refractivity contribution >= 4 is 16.5 Å². The minimum absolute atomic E-state index is 0.416. The monoisotopic (exact) mass is 312 g/mol. The van der Waals surface area contributed by atoms with Gasteiger partial charge in [-0.3, -0.25) is 0 Å². The molecule has 0 saturated heterocycles. The Hall–Kier alpha value is -1.57. The van der Waals surface area contributed by atoms with Crippen LogP contribution in [0.25, 0.3) is 11.3 Å². The number of likely N-dealkylation sites (N-methyl/N-ethyl adjacent to an activating group) is 1. The predicted octanol–water partition coefficient (Wildman–Crippen LogP) is 2.32. The van der Waals surface area contributed by atoms with Gasteiger partial charge in [-0.25, -0.2) is 13.8 Å². The van der Waals surface area contributed by atoms with Crippen LogP contribution in [0.3, 0.4) is 0 Å². The van der Waals surface area contributed by atoms with Crippen LogP contribution >= 0.6 is 11.3 Å². The molecule has 0 radical (unpaired) electrons. The summed E-state index contributed by atoms with van der Waals surface area (Å²) in [6.45, 7) is 2.33. The molecule has 0 aliphatic rings. The summed E-state index contributed by atoms with van der Waals surface area (Å²) in [5.41, 5.74) is 6.88. The average Bonchev–Trinajstić information content (AvgIpc) is 2.79. The average molecular weight is 312 g/mol. The molecule has 0 aliphatic carbocycles. The van der Waals surface area contributed by atoms with E-state index in [-0.39, 0.29) is 0 Å². The van der Waals surface area contributed by atoms with E-state index in [9.17, 15) is 8.78 Å². The maximum absolute atomic E-state index is 13.3. The summed E-state index contributed by atoms with van der Waals surface area (Å²) in [4.78, 5) is 7.21. The first-order chi connectivity index (χ1) is 9.97. The second kappa shape index (κ2) is 6.93. The van der Waals surface area contributed by atoms with Crippen molar-refractivity contribution in [2.75, 3.05) is 32.9 Å². The molecule has 21 heavy (non-hydrogen) atoms. The lowest BCUT2D eigenvalue weighted by molar-refractivity contribution is 0.400. The largest absolute Gasteiger partial charge is 0.375 e. The van der Waals surface area contributed by atoms with E-state index in [0.29, 0.717) is 22.9 Å². The normalized spacial score (nSPS) is 11.3. The smallest absolute Gasteiger partial charge is 0.180 e. The SMILES string of the molecule is CN(C)CCNCc1sc(N)nc1-c1ccc(F)c(F)c1. The van der Waals surface area contributed by atoms with Gasteiger partial charge in [-0.15, -0.1) is 11.3 Å². The van der Waals surface area contributed by atoms with Gasteiger partial charge in [0, 0.05) is 30.1 Å². The molecule has 1 aromatic carbocycles. The molecule has 0 fully saturated rings. The molecule has 114 valence electrons. The number of nitrogens with zero attached hydrogens (tertiary/aromatic N) is 2. The number of hydrogen-bond acceptors (Lipinski definition) is 5. The van der Waals surface area contributed by atoms with Crippen LogP contribution in [-0.4, -0.2) is 37.1 Å². The first kappa shape index (κ1) is 15.8. The van der Waals surface area contributed by atoms with Crippen LogP contribution < -0.4 is 11.1 Å². The Kier molecular flexibility index (Phi) is 5.22. The van der Waals surface area contributed by atoms with Crippen LogP contribution in [0, 0.1) is 11.6 Å². The fraction of sp³-hybridized carbons (Fsp3) is 0.357. The molecule has 3 N–H and O–H groups in total. The molecule has 0 saturated carbocycles. The van der Waals surface area contributed by atoms with E-state index in [1.54, 1.807) is 0 Å². The number of nitrogen functional groups attached to an aromatic ring is 1. The second-order valence-corrected chi connectivity index (χ2v) is 6.05. The molecule has 4 nitrogen and oxygen atoms in total. The van der Waals surface area contributed by atoms with E-state index < -0.39 is 11.6 Å². The van der Waals surface area contributed by atoms with E-state index in [0.717, 1.165) is 30.1 Å². The quantitative estimate of drug-likeness (QED) is 0.804. The van der Waals surface area contributed by atoms with Gasteiger partial charge in [-0.1, -0.05) is 0 Å². The molecular weight excluding hydrogens is 294 g/mol. The number of nitrogens with one attached hydrogen (secondary N) is 1. The van der Waals surface area contributed by atoms with Crippen molar-refractivity contribution in [3.05, 3.63) is 34.7 Å². The summed E-state index contributed by atoms with van der Waals surface area (Å²) >= 11 is 1.35. The Labute approximate surface area is 126 Å². The molecule has 1 heterocycles. The molecule has 0 unspecified atom stereocenters. The summed E-state index contributed by atoms with van der Waals surface area (Å²) in [7, 11) is 4.00. The number of benzene rings is 1. The van der Waals surface area contributed by atoms with E-state index in [1.807, 2.05) is 14.1 Å². The first-order valence-electron chi connectivity index (χ1n) is 6.53. The number of anilines is 1. The predicted molar refractivity (Wildman–Crippen MR) is 82.1 cm³/mol. The molecule has 0 amide bonds. The van der Waals surface area contributed by atoms with Gasteiger partial charge in [0.05, 0.1) is 5.69 Å². The Balaban J connectivity index is 2.14. The number of thiazole rings is 1. The van der Waals surface area contributed by atoms with Gasteiger partial charge in [0.15, 0.2) is 16.8 Å². The second-order valence-electron chi connectivity index (χ2n) is 4.93. The summed E-state index contributed by atoms with van der Waals surface area (Å²) in [5, 5.41) is 3.70. The Bertz CT molecular complexity index is 613. The van der Waals surface area contributed by atoms with Gasteiger partial charge in [-0.05, 0) is 32.3 Å². The van der Waals surface area contributed by atoms with Crippen LogP contribution in [0.5, 0.6) is 0 Å². The Morgan fingerprint density at radius 3 is 2.71 bits per heavy atom. The Morgan fingerprint density at radius 1 is 1.29 bits per heavy atom. The number of halogens is 2. The van der Waals surface area contributed by atoms with Crippen LogP contribution in [0.15, 0.2) is 18.2 Å². The molecule has 0 atom stereocenters. The molecular formula is C14H18F2N4S. The van der Waals surface area contributed by atoms with Crippen LogP contribution in [0.2, 0.25) is 0 Å². The third-order valence-electron chi connectivity index (χ3n) is 2.93. The number of hydrogen-bond donors (Lipinski definition) is 2. The highest BCUT2D eigenvalue weighted by Gasteiger charge is 2.13. The molecule has 2 aromatic rings.